The number of nitrogens with zero attached hydrogens (tertiary/aromatic N) is 2. The van der Waals surface area contributed by atoms with Gasteiger partial charge in [0.25, 0.3) is 5.91 Å². The fourth-order valence-electron chi connectivity index (χ4n) is 3.05. The highest BCUT2D eigenvalue weighted by Crippen LogP contribution is 2.25. The zero-order valence-electron chi connectivity index (χ0n) is 16.4. The highest BCUT2D eigenvalue weighted by atomic mass is 16.5. The third-order valence-corrected chi connectivity index (χ3v) is 4.77. The fraction of sp³-hybridized carbons (Fsp3) is 0.364. The van der Waals surface area contributed by atoms with Crippen LogP contribution in [0, 0.1) is 6.92 Å². The minimum Gasteiger partial charge on any atom is -0.491 e. The first-order valence-electron chi connectivity index (χ1n) is 9.50. The Balaban J connectivity index is 1.45. The highest BCUT2D eigenvalue weighted by molar-refractivity contribution is 5.95. The number of hydrogen-bond acceptors (Lipinski definition) is 4. The maximum absolute atomic E-state index is 12.3. The number of para-hydroxylation sites is 1. The first-order chi connectivity index (χ1) is 13.5. The molecule has 0 radical (unpaired) electrons. The fourth-order valence-corrected chi connectivity index (χ4v) is 3.05. The van der Waals surface area contributed by atoms with Gasteiger partial charge in [0, 0.05) is 31.8 Å². The number of amides is 2. The Morgan fingerprint density at radius 2 is 1.96 bits per heavy atom. The van der Waals surface area contributed by atoms with Gasteiger partial charge in [-0.1, -0.05) is 24.3 Å². The van der Waals surface area contributed by atoms with Crippen LogP contribution >= 0.6 is 0 Å². The lowest BCUT2D eigenvalue weighted by Gasteiger charge is -2.19. The van der Waals surface area contributed by atoms with Crippen molar-refractivity contribution in [2.24, 2.45) is 0 Å². The third-order valence-electron chi connectivity index (χ3n) is 4.77. The van der Waals surface area contributed by atoms with Crippen molar-refractivity contribution in [1.29, 1.82) is 0 Å². The van der Waals surface area contributed by atoms with E-state index in [1.807, 2.05) is 43.3 Å². The summed E-state index contributed by atoms with van der Waals surface area (Å²) in [6.07, 6.45) is 1.46. The van der Waals surface area contributed by atoms with Crippen molar-refractivity contribution in [3.63, 3.8) is 0 Å². The number of carbonyl (C=O) groups is 2. The lowest BCUT2D eigenvalue weighted by molar-refractivity contribution is -0.132. The average molecular weight is 382 g/mol. The Morgan fingerprint density at radius 3 is 2.71 bits per heavy atom. The molecule has 28 heavy (non-hydrogen) atoms. The number of ether oxygens (including phenoxy) is 2. The van der Waals surface area contributed by atoms with Crippen LogP contribution in [0.4, 0.5) is 5.69 Å². The van der Waals surface area contributed by atoms with Crippen molar-refractivity contribution in [1.82, 2.24) is 4.90 Å². The Labute approximate surface area is 165 Å². The van der Waals surface area contributed by atoms with Crippen LogP contribution in [-0.2, 0) is 9.59 Å². The molecular weight excluding hydrogens is 356 g/mol. The van der Waals surface area contributed by atoms with Crippen molar-refractivity contribution in [2.45, 2.75) is 19.8 Å². The lowest BCUT2D eigenvalue weighted by atomic mass is 10.2. The molecule has 0 bridgehead atoms. The molecule has 0 atom stereocenters. The third kappa shape index (κ3) is 5.03. The molecule has 148 valence electrons. The molecule has 1 aliphatic heterocycles. The Morgan fingerprint density at radius 1 is 1.14 bits per heavy atom. The van der Waals surface area contributed by atoms with E-state index in [2.05, 4.69) is 0 Å². The summed E-state index contributed by atoms with van der Waals surface area (Å²) in [5.41, 5.74) is 1.88. The van der Waals surface area contributed by atoms with Crippen LogP contribution in [0.3, 0.4) is 0 Å². The van der Waals surface area contributed by atoms with Crippen molar-refractivity contribution in [3.8, 4) is 11.5 Å². The quantitative estimate of drug-likeness (QED) is 0.704. The molecule has 1 aliphatic rings. The number of likely N-dealkylation sites (N-methyl/N-ethyl adjacent to an activating group) is 1. The average Bonchev–Trinajstić information content (AvgIpc) is 3.13. The van der Waals surface area contributed by atoms with Crippen LogP contribution in [0.1, 0.15) is 18.4 Å². The predicted molar refractivity (Wildman–Crippen MR) is 108 cm³/mol. The molecule has 6 nitrogen and oxygen atoms in total. The van der Waals surface area contributed by atoms with Gasteiger partial charge in [0.1, 0.15) is 18.1 Å². The van der Waals surface area contributed by atoms with E-state index in [-0.39, 0.29) is 18.4 Å². The van der Waals surface area contributed by atoms with Gasteiger partial charge in [-0.15, -0.1) is 0 Å². The van der Waals surface area contributed by atoms with Crippen molar-refractivity contribution >= 4 is 17.5 Å². The summed E-state index contributed by atoms with van der Waals surface area (Å²) in [5.74, 6) is 1.40. The van der Waals surface area contributed by atoms with Crippen LogP contribution < -0.4 is 14.4 Å². The van der Waals surface area contributed by atoms with E-state index in [9.17, 15) is 9.59 Å². The summed E-state index contributed by atoms with van der Waals surface area (Å²) in [5, 5.41) is 0. The van der Waals surface area contributed by atoms with Crippen LogP contribution in [-0.4, -0.2) is 50.1 Å². The summed E-state index contributed by atoms with van der Waals surface area (Å²) >= 11 is 0. The van der Waals surface area contributed by atoms with Crippen LogP contribution in [0.25, 0.3) is 0 Å². The van der Waals surface area contributed by atoms with Gasteiger partial charge in [-0.2, -0.15) is 0 Å². The maximum Gasteiger partial charge on any atom is 0.260 e. The minimum absolute atomic E-state index is 0.0573. The molecule has 1 saturated heterocycles. The van der Waals surface area contributed by atoms with Crippen LogP contribution in [0.5, 0.6) is 11.5 Å². The second kappa shape index (κ2) is 9.26. The number of aryl methyl sites for hydroxylation is 1. The summed E-state index contributed by atoms with van der Waals surface area (Å²) in [6.45, 7) is 3.55. The highest BCUT2D eigenvalue weighted by Gasteiger charge is 2.22. The van der Waals surface area contributed by atoms with Gasteiger partial charge in [-0.3, -0.25) is 9.59 Å². The molecule has 0 saturated carbocycles. The van der Waals surface area contributed by atoms with Crippen molar-refractivity contribution in [2.75, 3.05) is 38.3 Å². The summed E-state index contributed by atoms with van der Waals surface area (Å²) in [6, 6.07) is 15.1. The van der Waals surface area contributed by atoms with Gasteiger partial charge >= 0.3 is 0 Å². The van der Waals surface area contributed by atoms with E-state index in [1.165, 1.54) is 0 Å². The van der Waals surface area contributed by atoms with Crippen LogP contribution in [0.15, 0.2) is 48.5 Å². The molecule has 2 amide bonds. The second-order valence-electron chi connectivity index (χ2n) is 6.86. The molecule has 3 rings (SSSR count). The van der Waals surface area contributed by atoms with Gasteiger partial charge in [-0.25, -0.2) is 0 Å². The summed E-state index contributed by atoms with van der Waals surface area (Å²) in [4.78, 5) is 27.5. The monoisotopic (exact) mass is 382 g/mol. The van der Waals surface area contributed by atoms with Gasteiger partial charge in [0.15, 0.2) is 6.61 Å². The normalized spacial score (nSPS) is 13.5. The standard InChI is InChI=1S/C22H26N2O4/c1-17-7-3-4-10-20(17)27-14-13-23(2)22(26)16-28-19-9-5-8-18(15-19)24-12-6-11-21(24)25/h3-5,7-10,15H,6,11-14,16H2,1-2H3. The van der Waals surface area contributed by atoms with E-state index >= 15 is 0 Å². The van der Waals surface area contributed by atoms with E-state index in [4.69, 9.17) is 9.47 Å². The van der Waals surface area contributed by atoms with Gasteiger partial charge in [-0.05, 0) is 37.1 Å². The summed E-state index contributed by atoms with van der Waals surface area (Å²) < 4.78 is 11.4. The van der Waals surface area contributed by atoms with Gasteiger partial charge in [0.2, 0.25) is 5.91 Å². The minimum atomic E-state index is -0.129. The van der Waals surface area contributed by atoms with Crippen molar-refractivity contribution in [3.05, 3.63) is 54.1 Å². The van der Waals surface area contributed by atoms with E-state index < -0.39 is 0 Å². The number of anilines is 1. The lowest BCUT2D eigenvalue weighted by Crippen LogP contribution is -2.34. The molecule has 0 unspecified atom stereocenters. The largest absolute Gasteiger partial charge is 0.491 e. The van der Waals surface area contributed by atoms with E-state index in [1.54, 1.807) is 29.0 Å². The van der Waals surface area contributed by atoms with E-state index in [0.717, 1.165) is 30.0 Å². The molecule has 1 heterocycles. The molecule has 0 aromatic heterocycles. The number of benzene rings is 2. The molecule has 1 fully saturated rings. The SMILES string of the molecule is Cc1ccccc1OCCN(C)C(=O)COc1cccc(N2CCCC2=O)c1. The first-order valence-corrected chi connectivity index (χ1v) is 9.50. The Hall–Kier alpha value is -3.02. The molecule has 0 aliphatic carbocycles. The van der Waals surface area contributed by atoms with E-state index in [0.29, 0.717) is 25.3 Å². The predicted octanol–water partition coefficient (Wildman–Crippen LogP) is 3.04. The van der Waals surface area contributed by atoms with Crippen molar-refractivity contribution < 1.29 is 19.1 Å². The number of carbonyl (C=O) groups excluding carboxylic acids is 2. The molecule has 2 aromatic carbocycles. The molecule has 0 N–H and O–H groups in total. The second-order valence-corrected chi connectivity index (χ2v) is 6.86. The Bertz CT molecular complexity index is 837. The molecule has 0 spiro atoms. The Kier molecular flexibility index (Phi) is 6.53. The maximum atomic E-state index is 12.3. The molecule has 2 aromatic rings. The zero-order valence-corrected chi connectivity index (χ0v) is 16.4. The number of rotatable bonds is 8. The molecule has 6 heteroatoms. The number of hydrogen-bond donors (Lipinski definition) is 0. The summed E-state index contributed by atoms with van der Waals surface area (Å²) in [7, 11) is 1.73. The first kappa shape index (κ1) is 19.7. The van der Waals surface area contributed by atoms with Gasteiger partial charge < -0.3 is 19.3 Å². The zero-order chi connectivity index (χ0) is 19.9. The smallest absolute Gasteiger partial charge is 0.260 e. The molecular formula is C22H26N2O4. The van der Waals surface area contributed by atoms with Crippen LogP contribution in [0.2, 0.25) is 0 Å². The topological polar surface area (TPSA) is 59.1 Å². The van der Waals surface area contributed by atoms with Gasteiger partial charge in [0.05, 0.1) is 6.54 Å².